The maximum Gasteiger partial charge on any atom is 0.261 e. The first-order chi connectivity index (χ1) is 12.5. The summed E-state index contributed by atoms with van der Waals surface area (Å²) in [5.74, 6) is -1.31. The van der Waals surface area contributed by atoms with Gasteiger partial charge in [0.05, 0.1) is 17.2 Å². The molecule has 1 aromatic heterocycles. The van der Waals surface area contributed by atoms with E-state index in [1.54, 1.807) is 24.3 Å². The Balaban J connectivity index is 1.59. The van der Waals surface area contributed by atoms with E-state index in [0.717, 1.165) is 12.1 Å². The van der Waals surface area contributed by atoms with Gasteiger partial charge in [-0.25, -0.2) is 13.8 Å². The predicted molar refractivity (Wildman–Crippen MR) is 91.5 cm³/mol. The molecule has 5 nitrogen and oxygen atoms in total. The van der Waals surface area contributed by atoms with E-state index in [4.69, 9.17) is 0 Å². The minimum absolute atomic E-state index is 0.00643. The van der Waals surface area contributed by atoms with E-state index in [1.165, 1.54) is 15.8 Å². The van der Waals surface area contributed by atoms with Crippen LogP contribution < -0.4 is 5.56 Å². The summed E-state index contributed by atoms with van der Waals surface area (Å²) < 4.78 is 29.0. The molecule has 0 atom stereocenters. The summed E-state index contributed by atoms with van der Waals surface area (Å²) in [7, 11) is 0. The number of aromatic nitrogens is 2. The fourth-order valence-electron chi connectivity index (χ4n) is 3.27. The molecule has 0 fully saturated rings. The fourth-order valence-corrected chi connectivity index (χ4v) is 3.27. The second-order valence-corrected chi connectivity index (χ2v) is 6.25. The van der Waals surface area contributed by atoms with Gasteiger partial charge in [0, 0.05) is 18.7 Å². The molecule has 4 rings (SSSR count). The number of carbonyl (C=O) groups is 1. The number of amides is 1. The summed E-state index contributed by atoms with van der Waals surface area (Å²) in [6.45, 7) is 0.0818. The fraction of sp³-hybridized carbons (Fsp3) is 0.211. The molecule has 0 N–H and O–H groups in total. The molecular formula is C19H15F2N3O2. The van der Waals surface area contributed by atoms with Crippen LogP contribution in [-0.2, 0) is 24.3 Å². The van der Waals surface area contributed by atoms with E-state index in [0.29, 0.717) is 16.5 Å². The molecule has 1 aliphatic heterocycles. The molecule has 0 radical (unpaired) electrons. The first-order valence-corrected chi connectivity index (χ1v) is 8.22. The van der Waals surface area contributed by atoms with Crippen LogP contribution in [0.2, 0.25) is 0 Å². The summed E-state index contributed by atoms with van der Waals surface area (Å²) in [5, 5.41) is 0.430. The Morgan fingerprint density at radius 3 is 2.62 bits per heavy atom. The minimum Gasteiger partial charge on any atom is -0.336 e. The van der Waals surface area contributed by atoms with Crippen molar-refractivity contribution in [2.45, 2.75) is 19.5 Å². The largest absolute Gasteiger partial charge is 0.336 e. The zero-order valence-electron chi connectivity index (χ0n) is 13.8. The van der Waals surface area contributed by atoms with E-state index in [-0.39, 0.29) is 43.1 Å². The Kier molecular flexibility index (Phi) is 3.99. The number of hydrogen-bond acceptors (Lipinski definition) is 3. The topological polar surface area (TPSA) is 55.2 Å². The van der Waals surface area contributed by atoms with Crippen molar-refractivity contribution in [1.82, 2.24) is 14.5 Å². The molecule has 0 aliphatic carbocycles. The van der Waals surface area contributed by atoms with Crippen LogP contribution in [0.1, 0.15) is 11.1 Å². The lowest BCUT2D eigenvalue weighted by molar-refractivity contribution is -0.132. The molecular weight excluding hydrogens is 340 g/mol. The van der Waals surface area contributed by atoms with Gasteiger partial charge in [0.25, 0.3) is 5.56 Å². The summed E-state index contributed by atoms with van der Waals surface area (Å²) in [4.78, 5) is 30.7. The molecule has 0 bridgehead atoms. The second kappa shape index (κ2) is 6.33. The third kappa shape index (κ3) is 2.75. The number of nitrogens with zero attached hydrogens (tertiary/aromatic N) is 3. The number of para-hydroxylation sites is 1. The molecule has 132 valence electrons. The van der Waals surface area contributed by atoms with Crippen molar-refractivity contribution >= 4 is 16.8 Å². The first kappa shape index (κ1) is 16.4. The van der Waals surface area contributed by atoms with E-state index in [1.807, 2.05) is 0 Å². The molecule has 3 aromatic rings. The molecule has 2 heterocycles. The van der Waals surface area contributed by atoms with Gasteiger partial charge >= 0.3 is 0 Å². The predicted octanol–water partition coefficient (Wildman–Crippen LogP) is 2.26. The number of rotatable bonds is 2. The highest BCUT2D eigenvalue weighted by molar-refractivity contribution is 5.79. The van der Waals surface area contributed by atoms with E-state index >= 15 is 0 Å². The number of halogens is 2. The highest BCUT2D eigenvalue weighted by Gasteiger charge is 2.25. The standard InChI is InChI=1S/C19H15F2N3O2/c20-15-5-6-16(21)14-9-23(8-7-12(14)15)18(25)10-24-11-22-17-4-2-1-3-13(17)19(24)26/h1-6,11H,7-10H2. The Labute approximate surface area is 147 Å². The monoisotopic (exact) mass is 355 g/mol. The van der Waals surface area contributed by atoms with Crippen LogP contribution in [-0.4, -0.2) is 26.9 Å². The van der Waals surface area contributed by atoms with Crippen LogP contribution in [0.5, 0.6) is 0 Å². The van der Waals surface area contributed by atoms with Gasteiger partial charge < -0.3 is 4.90 Å². The molecule has 0 unspecified atom stereocenters. The summed E-state index contributed by atoms with van der Waals surface area (Å²) >= 11 is 0. The molecule has 1 aliphatic rings. The van der Waals surface area contributed by atoms with Crippen molar-refractivity contribution in [2.24, 2.45) is 0 Å². The summed E-state index contributed by atoms with van der Waals surface area (Å²) in [5.41, 5.74) is 0.774. The quantitative estimate of drug-likeness (QED) is 0.709. The van der Waals surface area contributed by atoms with Gasteiger partial charge in [0.1, 0.15) is 18.2 Å². The van der Waals surface area contributed by atoms with Gasteiger partial charge in [0.15, 0.2) is 0 Å². The number of benzene rings is 2. The van der Waals surface area contributed by atoms with Gasteiger partial charge in [-0.05, 0) is 36.2 Å². The average Bonchev–Trinajstić information content (AvgIpc) is 2.67. The molecule has 7 heteroatoms. The number of carbonyl (C=O) groups excluding carboxylic acids is 1. The average molecular weight is 355 g/mol. The lowest BCUT2D eigenvalue weighted by atomic mass is 9.98. The normalized spacial score (nSPS) is 13.7. The van der Waals surface area contributed by atoms with Crippen LogP contribution in [0.15, 0.2) is 47.5 Å². The van der Waals surface area contributed by atoms with Crippen molar-refractivity contribution in [3.63, 3.8) is 0 Å². The third-order valence-electron chi connectivity index (χ3n) is 4.69. The highest BCUT2D eigenvalue weighted by Crippen LogP contribution is 2.24. The first-order valence-electron chi connectivity index (χ1n) is 8.22. The zero-order valence-corrected chi connectivity index (χ0v) is 13.8. The number of hydrogen-bond donors (Lipinski definition) is 0. The maximum atomic E-state index is 14.0. The van der Waals surface area contributed by atoms with Crippen molar-refractivity contribution in [2.75, 3.05) is 6.54 Å². The zero-order chi connectivity index (χ0) is 18.3. The van der Waals surface area contributed by atoms with Crippen LogP contribution in [0.4, 0.5) is 8.78 Å². The molecule has 2 aromatic carbocycles. The third-order valence-corrected chi connectivity index (χ3v) is 4.69. The SMILES string of the molecule is O=C(Cn1cnc2ccccc2c1=O)N1CCc2c(F)ccc(F)c2C1. The molecule has 0 saturated carbocycles. The molecule has 1 amide bonds. The van der Waals surface area contributed by atoms with Crippen LogP contribution >= 0.6 is 0 Å². The summed E-state index contributed by atoms with van der Waals surface area (Å²) in [6, 6.07) is 9.06. The Morgan fingerprint density at radius 1 is 1.08 bits per heavy atom. The van der Waals surface area contributed by atoms with Crippen molar-refractivity contribution in [3.05, 3.63) is 75.8 Å². The van der Waals surface area contributed by atoms with Crippen molar-refractivity contribution < 1.29 is 13.6 Å². The highest BCUT2D eigenvalue weighted by atomic mass is 19.1. The Morgan fingerprint density at radius 2 is 1.81 bits per heavy atom. The molecule has 26 heavy (non-hydrogen) atoms. The van der Waals surface area contributed by atoms with E-state index < -0.39 is 11.6 Å². The lowest BCUT2D eigenvalue weighted by Crippen LogP contribution is -2.40. The van der Waals surface area contributed by atoms with E-state index in [2.05, 4.69) is 4.98 Å². The smallest absolute Gasteiger partial charge is 0.261 e. The van der Waals surface area contributed by atoms with Gasteiger partial charge in [-0.15, -0.1) is 0 Å². The van der Waals surface area contributed by atoms with Gasteiger partial charge in [-0.3, -0.25) is 14.2 Å². The molecule has 0 saturated heterocycles. The number of fused-ring (bicyclic) bond motifs is 2. The Bertz CT molecular complexity index is 1080. The minimum atomic E-state index is -0.525. The van der Waals surface area contributed by atoms with Gasteiger partial charge in [0.2, 0.25) is 5.91 Å². The van der Waals surface area contributed by atoms with E-state index in [9.17, 15) is 18.4 Å². The van der Waals surface area contributed by atoms with Gasteiger partial charge in [-0.2, -0.15) is 0 Å². The van der Waals surface area contributed by atoms with Crippen LogP contribution in [0.3, 0.4) is 0 Å². The lowest BCUT2D eigenvalue weighted by Gasteiger charge is -2.29. The van der Waals surface area contributed by atoms with Crippen LogP contribution in [0, 0.1) is 11.6 Å². The van der Waals surface area contributed by atoms with Crippen molar-refractivity contribution in [3.8, 4) is 0 Å². The second-order valence-electron chi connectivity index (χ2n) is 6.25. The van der Waals surface area contributed by atoms with Crippen molar-refractivity contribution in [1.29, 1.82) is 0 Å². The summed E-state index contributed by atoms with van der Waals surface area (Å²) in [6.07, 6.45) is 1.58. The van der Waals surface area contributed by atoms with Crippen LogP contribution in [0.25, 0.3) is 10.9 Å². The Hall–Kier alpha value is -3.09. The maximum absolute atomic E-state index is 14.0. The molecule has 0 spiro atoms. The van der Waals surface area contributed by atoms with Gasteiger partial charge in [-0.1, -0.05) is 12.1 Å².